The van der Waals surface area contributed by atoms with Gasteiger partial charge in [-0.25, -0.2) is 4.39 Å². The summed E-state index contributed by atoms with van der Waals surface area (Å²) in [6.07, 6.45) is 0. The standard InChI is InChI=1S/C12H11BrFN3O3/c1-7-12(13)10(16(2)15-7)6-20-11-5-8(14)3-4-9(11)17(18)19/h3-5H,6H2,1-2H3. The number of nitro benzene ring substituents is 1. The van der Waals surface area contributed by atoms with Crippen LogP contribution in [-0.2, 0) is 13.7 Å². The Balaban J connectivity index is 2.27. The minimum atomic E-state index is -0.613. The molecule has 0 spiro atoms. The minimum absolute atomic E-state index is 0.0439. The lowest BCUT2D eigenvalue weighted by Gasteiger charge is -2.07. The van der Waals surface area contributed by atoms with Crippen molar-refractivity contribution in [3.05, 3.63) is 50.0 Å². The monoisotopic (exact) mass is 343 g/mol. The number of ether oxygens (including phenoxy) is 1. The summed E-state index contributed by atoms with van der Waals surface area (Å²) in [7, 11) is 1.73. The first-order chi connectivity index (χ1) is 9.40. The molecule has 1 heterocycles. The van der Waals surface area contributed by atoms with E-state index in [2.05, 4.69) is 21.0 Å². The van der Waals surface area contributed by atoms with Crippen molar-refractivity contribution >= 4 is 21.6 Å². The van der Waals surface area contributed by atoms with Gasteiger partial charge in [-0.3, -0.25) is 14.8 Å². The van der Waals surface area contributed by atoms with Crippen LogP contribution in [0.1, 0.15) is 11.4 Å². The minimum Gasteiger partial charge on any atom is -0.480 e. The number of nitrogens with zero attached hydrogens (tertiary/aromatic N) is 3. The van der Waals surface area contributed by atoms with Crippen LogP contribution in [0.4, 0.5) is 10.1 Å². The molecule has 106 valence electrons. The predicted molar refractivity (Wildman–Crippen MR) is 73.0 cm³/mol. The Morgan fingerprint density at radius 1 is 1.55 bits per heavy atom. The van der Waals surface area contributed by atoms with Crippen LogP contribution in [0.15, 0.2) is 22.7 Å². The van der Waals surface area contributed by atoms with Gasteiger partial charge in [-0.15, -0.1) is 0 Å². The first-order valence-electron chi connectivity index (χ1n) is 5.65. The normalized spacial score (nSPS) is 10.6. The Bertz CT molecular complexity index is 672. The molecular formula is C12H11BrFN3O3. The number of aryl methyl sites for hydroxylation is 2. The molecule has 0 aliphatic heterocycles. The highest BCUT2D eigenvalue weighted by molar-refractivity contribution is 9.10. The van der Waals surface area contributed by atoms with Gasteiger partial charge in [0.1, 0.15) is 12.4 Å². The number of benzene rings is 1. The number of halogens is 2. The van der Waals surface area contributed by atoms with Crippen molar-refractivity contribution in [1.29, 1.82) is 0 Å². The van der Waals surface area contributed by atoms with Crippen LogP contribution in [0.5, 0.6) is 5.75 Å². The zero-order valence-electron chi connectivity index (χ0n) is 10.8. The Labute approximate surface area is 122 Å². The van der Waals surface area contributed by atoms with E-state index in [4.69, 9.17) is 4.74 Å². The fourth-order valence-corrected chi connectivity index (χ4v) is 2.19. The summed E-state index contributed by atoms with van der Waals surface area (Å²) >= 11 is 3.37. The molecule has 20 heavy (non-hydrogen) atoms. The maximum atomic E-state index is 13.2. The van der Waals surface area contributed by atoms with Crippen LogP contribution >= 0.6 is 15.9 Å². The zero-order valence-corrected chi connectivity index (χ0v) is 12.3. The second-order valence-corrected chi connectivity index (χ2v) is 4.92. The average Bonchev–Trinajstić information content (AvgIpc) is 2.61. The fraction of sp³-hybridized carbons (Fsp3) is 0.250. The SMILES string of the molecule is Cc1nn(C)c(COc2cc(F)ccc2[N+](=O)[O-])c1Br. The van der Waals surface area contributed by atoms with Crippen LogP contribution in [0.25, 0.3) is 0 Å². The Hall–Kier alpha value is -1.96. The summed E-state index contributed by atoms with van der Waals surface area (Å²) in [5.41, 5.74) is 1.21. The fourth-order valence-electron chi connectivity index (χ4n) is 1.74. The molecule has 1 aromatic heterocycles. The van der Waals surface area contributed by atoms with Crippen LogP contribution in [0, 0.1) is 22.9 Å². The third-order valence-corrected chi connectivity index (χ3v) is 3.78. The van der Waals surface area contributed by atoms with Gasteiger partial charge in [-0.05, 0) is 28.9 Å². The third-order valence-electron chi connectivity index (χ3n) is 2.74. The third kappa shape index (κ3) is 2.79. The molecule has 0 fully saturated rings. The number of nitro groups is 1. The van der Waals surface area contributed by atoms with E-state index in [0.29, 0.717) is 5.69 Å². The molecule has 0 bridgehead atoms. The van der Waals surface area contributed by atoms with Gasteiger partial charge in [-0.2, -0.15) is 5.10 Å². The predicted octanol–water partition coefficient (Wildman–Crippen LogP) is 3.12. The van der Waals surface area contributed by atoms with E-state index in [-0.39, 0.29) is 18.0 Å². The summed E-state index contributed by atoms with van der Waals surface area (Å²) in [6, 6.07) is 3.10. The number of aromatic nitrogens is 2. The average molecular weight is 344 g/mol. The van der Waals surface area contributed by atoms with Gasteiger partial charge >= 0.3 is 5.69 Å². The molecule has 0 saturated heterocycles. The second kappa shape index (κ2) is 5.58. The number of hydrogen-bond donors (Lipinski definition) is 0. The lowest BCUT2D eigenvalue weighted by molar-refractivity contribution is -0.386. The first-order valence-corrected chi connectivity index (χ1v) is 6.44. The van der Waals surface area contributed by atoms with Gasteiger partial charge in [0, 0.05) is 19.2 Å². The molecule has 0 saturated carbocycles. The lowest BCUT2D eigenvalue weighted by Crippen LogP contribution is -2.05. The molecule has 0 radical (unpaired) electrons. The Morgan fingerprint density at radius 3 is 2.80 bits per heavy atom. The van der Waals surface area contributed by atoms with Gasteiger partial charge in [0.2, 0.25) is 0 Å². The highest BCUT2D eigenvalue weighted by Gasteiger charge is 2.18. The number of hydrogen-bond acceptors (Lipinski definition) is 4. The molecular weight excluding hydrogens is 333 g/mol. The molecule has 0 unspecified atom stereocenters. The maximum Gasteiger partial charge on any atom is 0.311 e. The summed E-state index contributed by atoms with van der Waals surface area (Å²) < 4.78 is 20.9. The van der Waals surface area contributed by atoms with Crippen molar-refractivity contribution in [2.75, 3.05) is 0 Å². The van der Waals surface area contributed by atoms with Crippen LogP contribution in [-0.4, -0.2) is 14.7 Å². The molecule has 0 aliphatic carbocycles. The van der Waals surface area contributed by atoms with E-state index in [1.165, 1.54) is 0 Å². The van der Waals surface area contributed by atoms with E-state index < -0.39 is 10.7 Å². The molecule has 8 heteroatoms. The topological polar surface area (TPSA) is 70.2 Å². The van der Waals surface area contributed by atoms with Crippen molar-refractivity contribution in [2.45, 2.75) is 13.5 Å². The largest absolute Gasteiger partial charge is 0.480 e. The quantitative estimate of drug-likeness (QED) is 0.631. The smallest absolute Gasteiger partial charge is 0.311 e. The molecule has 2 aromatic rings. The Morgan fingerprint density at radius 2 is 2.25 bits per heavy atom. The highest BCUT2D eigenvalue weighted by atomic mass is 79.9. The van der Waals surface area contributed by atoms with Crippen molar-refractivity contribution in [1.82, 2.24) is 9.78 Å². The molecule has 1 aromatic carbocycles. The van der Waals surface area contributed by atoms with Gasteiger partial charge in [0.05, 0.1) is 20.8 Å². The van der Waals surface area contributed by atoms with E-state index in [1.807, 2.05) is 6.92 Å². The van der Waals surface area contributed by atoms with Gasteiger partial charge in [0.15, 0.2) is 5.75 Å². The van der Waals surface area contributed by atoms with Gasteiger partial charge in [0.25, 0.3) is 0 Å². The molecule has 2 rings (SSSR count). The summed E-state index contributed by atoms with van der Waals surface area (Å²) in [6.45, 7) is 1.86. The van der Waals surface area contributed by atoms with Gasteiger partial charge < -0.3 is 4.74 Å². The van der Waals surface area contributed by atoms with Crippen molar-refractivity contribution in [2.24, 2.45) is 7.05 Å². The molecule has 0 amide bonds. The van der Waals surface area contributed by atoms with E-state index in [0.717, 1.165) is 28.4 Å². The highest BCUT2D eigenvalue weighted by Crippen LogP contribution is 2.29. The lowest BCUT2D eigenvalue weighted by atomic mass is 10.3. The Kier molecular flexibility index (Phi) is 4.03. The van der Waals surface area contributed by atoms with E-state index >= 15 is 0 Å². The van der Waals surface area contributed by atoms with Crippen LogP contribution in [0.2, 0.25) is 0 Å². The molecule has 0 atom stereocenters. The molecule has 6 nitrogen and oxygen atoms in total. The maximum absolute atomic E-state index is 13.2. The summed E-state index contributed by atoms with van der Waals surface area (Å²) in [4.78, 5) is 10.2. The van der Waals surface area contributed by atoms with Crippen molar-refractivity contribution in [3.8, 4) is 5.75 Å². The van der Waals surface area contributed by atoms with Gasteiger partial charge in [-0.1, -0.05) is 0 Å². The van der Waals surface area contributed by atoms with Crippen molar-refractivity contribution < 1.29 is 14.1 Å². The van der Waals surface area contributed by atoms with Crippen molar-refractivity contribution in [3.63, 3.8) is 0 Å². The number of rotatable bonds is 4. The van der Waals surface area contributed by atoms with E-state index in [1.54, 1.807) is 11.7 Å². The van der Waals surface area contributed by atoms with E-state index in [9.17, 15) is 14.5 Å². The van der Waals surface area contributed by atoms with Crippen LogP contribution < -0.4 is 4.74 Å². The zero-order chi connectivity index (χ0) is 14.9. The summed E-state index contributed by atoms with van der Waals surface area (Å²) in [5, 5.41) is 15.0. The summed E-state index contributed by atoms with van der Waals surface area (Å²) in [5.74, 6) is -0.702. The molecule has 0 N–H and O–H groups in total. The van der Waals surface area contributed by atoms with Crippen LogP contribution in [0.3, 0.4) is 0 Å². The second-order valence-electron chi connectivity index (χ2n) is 4.13. The molecule has 0 aliphatic rings. The first kappa shape index (κ1) is 14.4.